The Kier molecular flexibility index (Phi) is 5.08. The van der Waals surface area contributed by atoms with E-state index in [2.05, 4.69) is 13.8 Å². The largest absolute Gasteiger partial charge is 0.0654 e. The molecule has 0 N–H and O–H groups in total. The summed E-state index contributed by atoms with van der Waals surface area (Å²) in [6, 6.07) is 0. The van der Waals surface area contributed by atoms with Crippen LogP contribution in [0.1, 0.15) is 58.8 Å². The molecule has 0 aromatic rings. The highest BCUT2D eigenvalue weighted by Gasteiger charge is 2.27. The smallest absolute Gasteiger partial charge is 0.00743 e. The van der Waals surface area contributed by atoms with Gasteiger partial charge < -0.3 is 0 Å². The summed E-state index contributed by atoms with van der Waals surface area (Å²) in [7, 11) is 1.44. The van der Waals surface area contributed by atoms with E-state index in [4.69, 9.17) is 0 Å². The molecule has 1 rings (SSSR count). The first kappa shape index (κ1) is 11.3. The molecule has 78 valence electrons. The SMILES string of the molecule is CCCCC1CCCC(CC)C1[SiH3]. The first-order chi connectivity index (χ1) is 6.29. The minimum absolute atomic E-state index is 1.10. The third-order valence-electron chi connectivity index (χ3n) is 4.09. The van der Waals surface area contributed by atoms with Crippen molar-refractivity contribution < 1.29 is 0 Å². The second-order valence-electron chi connectivity index (χ2n) is 4.86. The molecule has 0 spiro atoms. The lowest BCUT2D eigenvalue weighted by Gasteiger charge is -2.35. The zero-order valence-corrected chi connectivity index (χ0v) is 11.7. The normalized spacial score (nSPS) is 35.1. The quantitative estimate of drug-likeness (QED) is 0.609. The van der Waals surface area contributed by atoms with E-state index in [0.29, 0.717) is 0 Å². The average Bonchev–Trinajstić information content (AvgIpc) is 2.16. The number of unbranched alkanes of at least 4 members (excludes halogenated alkanes) is 1. The van der Waals surface area contributed by atoms with Crippen molar-refractivity contribution in [3.05, 3.63) is 0 Å². The lowest BCUT2D eigenvalue weighted by molar-refractivity contribution is 0.247. The summed E-state index contributed by atoms with van der Waals surface area (Å²) in [5.41, 5.74) is 1.14. The van der Waals surface area contributed by atoms with Gasteiger partial charge >= 0.3 is 0 Å². The standard InChI is InChI=1S/C12H26Si/c1-3-5-7-11-9-6-8-10(4-2)12(11)13/h10-12H,3-9H2,1-2,13H3. The average molecular weight is 198 g/mol. The van der Waals surface area contributed by atoms with E-state index < -0.39 is 0 Å². The lowest BCUT2D eigenvalue weighted by atomic mass is 9.77. The zero-order valence-electron chi connectivity index (χ0n) is 9.68. The maximum atomic E-state index is 2.39. The molecule has 0 radical (unpaired) electrons. The first-order valence-electron chi connectivity index (χ1n) is 6.29. The van der Waals surface area contributed by atoms with Crippen LogP contribution in [0.4, 0.5) is 0 Å². The minimum Gasteiger partial charge on any atom is -0.0654 e. The van der Waals surface area contributed by atoms with E-state index in [9.17, 15) is 0 Å². The molecule has 1 saturated carbocycles. The maximum absolute atomic E-state index is 2.39. The van der Waals surface area contributed by atoms with Crippen molar-refractivity contribution in [2.75, 3.05) is 0 Å². The van der Waals surface area contributed by atoms with Crippen molar-refractivity contribution in [2.24, 2.45) is 11.8 Å². The fourth-order valence-electron chi connectivity index (χ4n) is 3.00. The van der Waals surface area contributed by atoms with E-state index in [0.717, 1.165) is 17.4 Å². The molecular formula is C12H26Si. The Morgan fingerprint density at radius 2 is 1.85 bits per heavy atom. The molecule has 0 aromatic carbocycles. The minimum atomic E-state index is 1.10. The number of hydrogen-bond acceptors (Lipinski definition) is 0. The van der Waals surface area contributed by atoms with Gasteiger partial charge in [0.05, 0.1) is 0 Å². The predicted octanol–water partition coefficient (Wildman–Crippen LogP) is 3.16. The van der Waals surface area contributed by atoms with E-state index >= 15 is 0 Å². The highest BCUT2D eigenvalue weighted by Crippen LogP contribution is 2.41. The van der Waals surface area contributed by atoms with Gasteiger partial charge in [0.2, 0.25) is 0 Å². The monoisotopic (exact) mass is 198 g/mol. The van der Waals surface area contributed by atoms with Crippen LogP contribution in [0.25, 0.3) is 0 Å². The molecule has 1 heteroatoms. The molecule has 0 aliphatic heterocycles. The van der Waals surface area contributed by atoms with Crippen molar-refractivity contribution >= 4 is 10.2 Å². The molecule has 3 unspecified atom stereocenters. The zero-order chi connectivity index (χ0) is 9.68. The van der Waals surface area contributed by atoms with Gasteiger partial charge in [0, 0.05) is 10.2 Å². The molecule has 0 heterocycles. The van der Waals surface area contributed by atoms with Crippen LogP contribution in [0, 0.1) is 11.8 Å². The molecule has 13 heavy (non-hydrogen) atoms. The molecule has 0 saturated heterocycles. The van der Waals surface area contributed by atoms with Gasteiger partial charge in [-0.15, -0.1) is 0 Å². The van der Waals surface area contributed by atoms with Crippen LogP contribution in [-0.4, -0.2) is 10.2 Å². The van der Waals surface area contributed by atoms with Gasteiger partial charge in [-0.25, -0.2) is 0 Å². The van der Waals surface area contributed by atoms with Gasteiger partial charge in [0.15, 0.2) is 0 Å². The van der Waals surface area contributed by atoms with E-state index in [1.807, 2.05) is 0 Å². The van der Waals surface area contributed by atoms with E-state index in [-0.39, 0.29) is 0 Å². The summed E-state index contributed by atoms with van der Waals surface area (Å²) in [4.78, 5) is 0. The molecule has 0 aromatic heterocycles. The summed E-state index contributed by atoms with van der Waals surface area (Å²) >= 11 is 0. The third kappa shape index (κ3) is 3.12. The Labute approximate surface area is 86.9 Å². The van der Waals surface area contributed by atoms with Crippen LogP contribution in [0.15, 0.2) is 0 Å². The highest BCUT2D eigenvalue weighted by molar-refractivity contribution is 6.12. The fourth-order valence-corrected chi connectivity index (χ4v) is 4.47. The van der Waals surface area contributed by atoms with Crippen molar-refractivity contribution in [3.63, 3.8) is 0 Å². The van der Waals surface area contributed by atoms with Gasteiger partial charge in [-0.05, 0) is 17.4 Å². The van der Waals surface area contributed by atoms with E-state index in [1.54, 1.807) is 6.42 Å². The lowest BCUT2D eigenvalue weighted by Crippen LogP contribution is -2.23. The Hall–Kier alpha value is 0.217. The highest BCUT2D eigenvalue weighted by atomic mass is 28.1. The van der Waals surface area contributed by atoms with Gasteiger partial charge in [0.25, 0.3) is 0 Å². The van der Waals surface area contributed by atoms with Crippen molar-refractivity contribution in [1.29, 1.82) is 0 Å². The second kappa shape index (κ2) is 5.84. The van der Waals surface area contributed by atoms with Gasteiger partial charge in [-0.3, -0.25) is 0 Å². The molecule has 3 atom stereocenters. The van der Waals surface area contributed by atoms with Gasteiger partial charge in [0.1, 0.15) is 0 Å². The van der Waals surface area contributed by atoms with Crippen LogP contribution in [0.5, 0.6) is 0 Å². The van der Waals surface area contributed by atoms with Crippen LogP contribution in [0.2, 0.25) is 5.54 Å². The molecule has 0 amide bonds. The molecule has 0 nitrogen and oxygen atoms in total. The Bertz CT molecular complexity index is 133. The van der Waals surface area contributed by atoms with Crippen molar-refractivity contribution in [2.45, 2.75) is 64.3 Å². The maximum Gasteiger partial charge on any atom is 0.00743 e. The molecule has 0 bridgehead atoms. The topological polar surface area (TPSA) is 0 Å². The molecular weight excluding hydrogens is 172 g/mol. The first-order valence-corrected chi connectivity index (χ1v) is 7.45. The third-order valence-corrected chi connectivity index (χ3v) is 5.98. The number of rotatable bonds is 4. The molecule has 1 aliphatic rings. The van der Waals surface area contributed by atoms with Crippen molar-refractivity contribution in [1.82, 2.24) is 0 Å². The second-order valence-corrected chi connectivity index (χ2v) is 6.19. The molecule has 1 aliphatic carbocycles. The summed E-state index contributed by atoms with van der Waals surface area (Å²) in [6.45, 7) is 4.71. The summed E-state index contributed by atoms with van der Waals surface area (Å²) < 4.78 is 0. The molecule has 1 fully saturated rings. The number of hydrogen-bond donors (Lipinski definition) is 0. The van der Waals surface area contributed by atoms with Crippen molar-refractivity contribution in [3.8, 4) is 0 Å². The van der Waals surface area contributed by atoms with Gasteiger partial charge in [-0.1, -0.05) is 58.8 Å². The van der Waals surface area contributed by atoms with Crippen LogP contribution in [0.3, 0.4) is 0 Å². The van der Waals surface area contributed by atoms with Crippen LogP contribution >= 0.6 is 0 Å². The Morgan fingerprint density at radius 3 is 2.46 bits per heavy atom. The Balaban J connectivity index is 2.35. The van der Waals surface area contributed by atoms with E-state index in [1.165, 1.54) is 48.8 Å². The summed E-state index contributed by atoms with van der Waals surface area (Å²) in [5.74, 6) is 2.22. The summed E-state index contributed by atoms with van der Waals surface area (Å²) in [5, 5.41) is 0. The van der Waals surface area contributed by atoms with Crippen LogP contribution in [-0.2, 0) is 0 Å². The summed E-state index contributed by atoms with van der Waals surface area (Å²) in [6.07, 6.45) is 10.4. The van der Waals surface area contributed by atoms with Gasteiger partial charge in [-0.2, -0.15) is 0 Å². The Morgan fingerprint density at radius 1 is 1.15 bits per heavy atom. The fraction of sp³-hybridized carbons (Fsp3) is 1.00. The predicted molar refractivity (Wildman–Crippen MR) is 64.3 cm³/mol. The van der Waals surface area contributed by atoms with Crippen LogP contribution < -0.4 is 0 Å².